The first-order chi connectivity index (χ1) is 22.3. The van der Waals surface area contributed by atoms with E-state index in [0.29, 0.717) is 77.2 Å². The summed E-state index contributed by atoms with van der Waals surface area (Å²) in [4.78, 5) is 25.8. The third-order valence-corrected chi connectivity index (χ3v) is 7.84. The maximum Gasteiger partial charge on any atom is 0.261 e. The Morgan fingerprint density at radius 2 is 0.733 bits per heavy atom. The monoisotopic (exact) mass is 635 g/mol. The van der Waals surface area contributed by atoms with Gasteiger partial charge < -0.3 is 28.4 Å². The SMILES string of the molecule is CCCCCCCCCCCCCCCCOCCOCCOCCOCCOCCOCCN1C(=O)c2ccccc2C1=O. The molecule has 0 fully saturated rings. The van der Waals surface area contributed by atoms with Gasteiger partial charge in [0.15, 0.2) is 0 Å². The average molecular weight is 636 g/mol. The molecule has 0 bridgehead atoms. The summed E-state index contributed by atoms with van der Waals surface area (Å²) >= 11 is 0. The number of unbranched alkanes of at least 4 members (excludes halogenated alkanes) is 13. The fourth-order valence-corrected chi connectivity index (χ4v) is 5.20. The van der Waals surface area contributed by atoms with Gasteiger partial charge in [-0.2, -0.15) is 0 Å². The van der Waals surface area contributed by atoms with Crippen LogP contribution in [0.2, 0.25) is 0 Å². The second-order valence-electron chi connectivity index (χ2n) is 11.6. The molecule has 45 heavy (non-hydrogen) atoms. The number of nitrogens with zero attached hydrogens (tertiary/aromatic N) is 1. The van der Waals surface area contributed by atoms with Crippen LogP contribution in [0.15, 0.2) is 24.3 Å². The summed E-state index contributed by atoms with van der Waals surface area (Å²) in [6.45, 7) is 8.70. The Kier molecular flexibility index (Phi) is 24.8. The summed E-state index contributed by atoms with van der Waals surface area (Å²) in [6, 6.07) is 6.86. The van der Waals surface area contributed by atoms with Crippen LogP contribution in [0.5, 0.6) is 0 Å². The lowest BCUT2D eigenvalue weighted by Crippen LogP contribution is -2.33. The van der Waals surface area contributed by atoms with Gasteiger partial charge in [0.1, 0.15) is 0 Å². The maximum absolute atomic E-state index is 12.3. The van der Waals surface area contributed by atoms with Crippen LogP contribution in [0.3, 0.4) is 0 Å². The predicted molar refractivity (Wildman–Crippen MR) is 177 cm³/mol. The Balaban J connectivity index is 1.19. The topological polar surface area (TPSA) is 92.8 Å². The van der Waals surface area contributed by atoms with E-state index < -0.39 is 0 Å². The molecule has 0 saturated heterocycles. The molecule has 1 aliphatic rings. The van der Waals surface area contributed by atoms with E-state index in [9.17, 15) is 9.59 Å². The summed E-state index contributed by atoms with van der Waals surface area (Å²) in [7, 11) is 0. The molecule has 0 radical (unpaired) electrons. The van der Waals surface area contributed by atoms with E-state index in [4.69, 9.17) is 28.4 Å². The average Bonchev–Trinajstić information content (AvgIpc) is 3.30. The Labute approximate surface area is 272 Å². The number of carbonyl (C=O) groups excluding carboxylic acids is 2. The van der Waals surface area contributed by atoms with Crippen molar-refractivity contribution in [2.45, 2.75) is 96.8 Å². The van der Waals surface area contributed by atoms with Crippen LogP contribution in [0.25, 0.3) is 0 Å². The van der Waals surface area contributed by atoms with Crippen molar-refractivity contribution in [1.82, 2.24) is 4.90 Å². The smallest absolute Gasteiger partial charge is 0.261 e. The van der Waals surface area contributed by atoms with E-state index >= 15 is 0 Å². The van der Waals surface area contributed by atoms with Crippen molar-refractivity contribution >= 4 is 11.8 Å². The molecule has 1 heterocycles. The molecule has 1 aromatic rings. The van der Waals surface area contributed by atoms with Crippen LogP contribution in [0, 0.1) is 0 Å². The van der Waals surface area contributed by atoms with Crippen LogP contribution in [0.1, 0.15) is 118 Å². The van der Waals surface area contributed by atoms with E-state index in [1.165, 1.54) is 88.4 Å². The highest BCUT2D eigenvalue weighted by Crippen LogP contribution is 2.21. The zero-order valence-electron chi connectivity index (χ0n) is 28.1. The van der Waals surface area contributed by atoms with E-state index in [1.54, 1.807) is 24.3 Å². The van der Waals surface area contributed by atoms with Crippen LogP contribution in [0.4, 0.5) is 0 Å². The van der Waals surface area contributed by atoms with Gasteiger partial charge in [-0.1, -0.05) is 103 Å². The van der Waals surface area contributed by atoms with Gasteiger partial charge in [0.2, 0.25) is 0 Å². The molecule has 0 aliphatic carbocycles. The minimum absolute atomic E-state index is 0.230. The summed E-state index contributed by atoms with van der Waals surface area (Å²) in [5, 5.41) is 0. The summed E-state index contributed by atoms with van der Waals surface area (Å²) in [6.07, 6.45) is 19.2. The molecule has 258 valence electrons. The Hall–Kier alpha value is -1.88. The van der Waals surface area contributed by atoms with E-state index in [0.717, 1.165) is 13.0 Å². The van der Waals surface area contributed by atoms with Gasteiger partial charge in [0.05, 0.1) is 90.3 Å². The zero-order chi connectivity index (χ0) is 32.0. The fraction of sp³-hybridized carbons (Fsp3) is 0.778. The molecule has 0 unspecified atom stereocenters. The molecule has 0 aromatic heterocycles. The number of imide groups is 1. The number of rotatable bonds is 33. The summed E-state index contributed by atoms with van der Waals surface area (Å²) < 4.78 is 33.2. The molecule has 1 aliphatic heterocycles. The minimum atomic E-state index is -0.264. The molecule has 0 spiro atoms. The lowest BCUT2D eigenvalue weighted by Gasteiger charge is -2.13. The standard InChI is InChI=1S/C36H61NO8/c1-2-3-4-5-6-7-8-9-10-11-12-13-14-17-21-40-23-25-42-27-29-44-31-32-45-30-28-43-26-24-41-22-20-37-35(38)33-18-15-16-19-34(33)36(37)39/h15-16,18-19H,2-14,17,20-32H2,1H3. The molecule has 9 nitrogen and oxygen atoms in total. The first kappa shape index (κ1) is 39.3. The molecule has 0 N–H and O–H groups in total. The molecule has 2 rings (SSSR count). The summed E-state index contributed by atoms with van der Waals surface area (Å²) in [5.41, 5.74) is 0.908. The molecule has 0 saturated carbocycles. The first-order valence-corrected chi connectivity index (χ1v) is 17.7. The van der Waals surface area contributed by atoms with Gasteiger partial charge in [0, 0.05) is 6.61 Å². The number of amides is 2. The largest absolute Gasteiger partial charge is 0.379 e. The van der Waals surface area contributed by atoms with Gasteiger partial charge in [-0.15, -0.1) is 0 Å². The van der Waals surface area contributed by atoms with E-state index in [2.05, 4.69) is 6.92 Å². The predicted octanol–water partition coefficient (Wildman–Crippen LogP) is 6.86. The number of fused-ring (bicyclic) bond motifs is 1. The van der Waals surface area contributed by atoms with Crippen LogP contribution in [-0.4, -0.2) is 103 Å². The Bertz CT molecular complexity index is 832. The maximum atomic E-state index is 12.3. The van der Waals surface area contributed by atoms with Gasteiger partial charge in [0.25, 0.3) is 11.8 Å². The number of carbonyl (C=O) groups is 2. The lowest BCUT2D eigenvalue weighted by molar-refractivity contribution is -0.0173. The highest BCUT2D eigenvalue weighted by molar-refractivity contribution is 6.21. The van der Waals surface area contributed by atoms with Crippen molar-refractivity contribution < 1.29 is 38.0 Å². The zero-order valence-corrected chi connectivity index (χ0v) is 28.1. The van der Waals surface area contributed by atoms with E-state index in [-0.39, 0.29) is 25.0 Å². The quantitative estimate of drug-likeness (QED) is 0.0611. The third-order valence-electron chi connectivity index (χ3n) is 7.84. The number of benzene rings is 1. The van der Waals surface area contributed by atoms with Gasteiger partial charge >= 0.3 is 0 Å². The Morgan fingerprint density at radius 3 is 1.11 bits per heavy atom. The second-order valence-corrected chi connectivity index (χ2v) is 11.6. The van der Waals surface area contributed by atoms with Gasteiger partial charge in [-0.3, -0.25) is 14.5 Å². The molecule has 0 atom stereocenters. The van der Waals surface area contributed by atoms with E-state index in [1.807, 2.05) is 0 Å². The van der Waals surface area contributed by atoms with Crippen molar-refractivity contribution in [2.75, 3.05) is 85.8 Å². The molecule has 2 amide bonds. The molecular weight excluding hydrogens is 574 g/mol. The van der Waals surface area contributed by atoms with Crippen LogP contribution >= 0.6 is 0 Å². The Morgan fingerprint density at radius 1 is 0.422 bits per heavy atom. The normalized spacial score (nSPS) is 12.9. The first-order valence-electron chi connectivity index (χ1n) is 17.7. The van der Waals surface area contributed by atoms with Crippen LogP contribution < -0.4 is 0 Å². The fourth-order valence-electron chi connectivity index (χ4n) is 5.20. The minimum Gasteiger partial charge on any atom is -0.379 e. The highest BCUT2D eigenvalue weighted by Gasteiger charge is 2.34. The third kappa shape index (κ3) is 19.4. The molecular formula is C36H61NO8. The van der Waals surface area contributed by atoms with Gasteiger partial charge in [-0.25, -0.2) is 0 Å². The second kappa shape index (κ2) is 28.4. The lowest BCUT2D eigenvalue weighted by atomic mass is 10.0. The number of hydrogen-bond donors (Lipinski definition) is 0. The number of hydrogen-bond acceptors (Lipinski definition) is 8. The molecule has 1 aromatic carbocycles. The van der Waals surface area contributed by atoms with Crippen molar-refractivity contribution in [1.29, 1.82) is 0 Å². The van der Waals surface area contributed by atoms with Crippen LogP contribution in [-0.2, 0) is 28.4 Å². The van der Waals surface area contributed by atoms with Gasteiger partial charge in [-0.05, 0) is 18.6 Å². The van der Waals surface area contributed by atoms with Crippen molar-refractivity contribution in [3.05, 3.63) is 35.4 Å². The highest BCUT2D eigenvalue weighted by atomic mass is 16.6. The van der Waals surface area contributed by atoms with Crippen molar-refractivity contribution in [3.8, 4) is 0 Å². The molecule has 9 heteroatoms. The van der Waals surface area contributed by atoms with Crippen molar-refractivity contribution in [3.63, 3.8) is 0 Å². The number of ether oxygens (including phenoxy) is 6. The van der Waals surface area contributed by atoms with Crippen molar-refractivity contribution in [2.24, 2.45) is 0 Å². The summed E-state index contributed by atoms with van der Waals surface area (Å²) in [5.74, 6) is -0.529.